The van der Waals surface area contributed by atoms with Crippen LogP contribution in [0.3, 0.4) is 0 Å². The summed E-state index contributed by atoms with van der Waals surface area (Å²) in [5.74, 6) is 0.579. The first-order chi connectivity index (χ1) is 5.83. The lowest BCUT2D eigenvalue weighted by molar-refractivity contribution is -0.143. The van der Waals surface area contributed by atoms with Crippen molar-refractivity contribution in [2.45, 2.75) is 32.6 Å². The molecule has 1 fully saturated rings. The molecule has 0 aliphatic heterocycles. The van der Waals surface area contributed by atoms with E-state index < -0.39 is 0 Å². The Balaban J connectivity index is 1.98. The number of carbonyl (C=O) groups excluding carboxylic acids is 1. The van der Waals surface area contributed by atoms with E-state index in [-0.39, 0.29) is 5.97 Å². The quantitative estimate of drug-likeness (QED) is 0.465. The van der Waals surface area contributed by atoms with Gasteiger partial charge in [-0.25, -0.2) is 0 Å². The maximum Gasteiger partial charge on any atom is 0.309 e. The van der Waals surface area contributed by atoms with Crippen LogP contribution in [0.2, 0.25) is 0 Å². The molecule has 12 heavy (non-hydrogen) atoms. The molecule has 1 saturated carbocycles. The highest BCUT2D eigenvalue weighted by atomic mass is 16.5. The normalized spacial score (nSPS) is 16.8. The molecule has 0 bridgehead atoms. The van der Waals surface area contributed by atoms with Crippen LogP contribution in [0.4, 0.5) is 0 Å². The largest absolute Gasteiger partial charge is 0.465 e. The SMILES string of the molecule is CCC=CCC(=O)OCC1CC1. The van der Waals surface area contributed by atoms with Gasteiger partial charge in [-0.1, -0.05) is 19.1 Å². The minimum absolute atomic E-state index is 0.0911. The lowest BCUT2D eigenvalue weighted by Crippen LogP contribution is -2.05. The fraction of sp³-hybridized carbons (Fsp3) is 0.700. The first kappa shape index (κ1) is 9.30. The lowest BCUT2D eigenvalue weighted by Gasteiger charge is -1.99. The summed E-state index contributed by atoms with van der Waals surface area (Å²) in [6.07, 6.45) is 7.74. The summed E-state index contributed by atoms with van der Waals surface area (Å²) in [6.45, 7) is 2.69. The average Bonchev–Trinajstić information content (AvgIpc) is 2.84. The number of hydrogen-bond donors (Lipinski definition) is 0. The monoisotopic (exact) mass is 168 g/mol. The van der Waals surface area contributed by atoms with E-state index >= 15 is 0 Å². The highest BCUT2D eigenvalue weighted by Crippen LogP contribution is 2.28. The van der Waals surface area contributed by atoms with Gasteiger partial charge in [-0.05, 0) is 25.2 Å². The predicted molar refractivity (Wildman–Crippen MR) is 47.7 cm³/mol. The molecule has 68 valence electrons. The fourth-order valence-corrected chi connectivity index (χ4v) is 0.900. The molecule has 2 heteroatoms. The van der Waals surface area contributed by atoms with Crippen LogP contribution in [0.1, 0.15) is 32.6 Å². The van der Waals surface area contributed by atoms with Gasteiger partial charge in [0.1, 0.15) is 0 Å². The second-order valence-corrected chi connectivity index (χ2v) is 3.21. The predicted octanol–water partition coefficient (Wildman–Crippen LogP) is 2.30. The zero-order chi connectivity index (χ0) is 8.81. The first-order valence-corrected chi connectivity index (χ1v) is 4.63. The fourth-order valence-electron chi connectivity index (χ4n) is 0.900. The molecular formula is C10H16O2. The van der Waals surface area contributed by atoms with E-state index in [2.05, 4.69) is 0 Å². The number of esters is 1. The molecule has 1 aliphatic carbocycles. The Morgan fingerprint density at radius 2 is 2.25 bits per heavy atom. The van der Waals surface area contributed by atoms with Crippen molar-refractivity contribution in [2.75, 3.05) is 6.61 Å². The maximum atomic E-state index is 11.0. The Labute approximate surface area is 73.6 Å². The smallest absolute Gasteiger partial charge is 0.309 e. The van der Waals surface area contributed by atoms with E-state index in [1.54, 1.807) is 0 Å². The van der Waals surface area contributed by atoms with Gasteiger partial charge in [-0.3, -0.25) is 4.79 Å². The average molecular weight is 168 g/mol. The molecule has 1 aliphatic rings. The molecule has 0 aromatic heterocycles. The molecule has 0 aromatic rings. The minimum atomic E-state index is -0.0911. The molecule has 0 heterocycles. The molecule has 2 nitrogen and oxygen atoms in total. The van der Waals surface area contributed by atoms with Gasteiger partial charge in [-0.15, -0.1) is 0 Å². The van der Waals surface area contributed by atoms with Crippen LogP contribution in [-0.2, 0) is 9.53 Å². The number of hydrogen-bond acceptors (Lipinski definition) is 2. The van der Waals surface area contributed by atoms with Crippen LogP contribution in [0, 0.1) is 5.92 Å². The van der Waals surface area contributed by atoms with Crippen molar-refractivity contribution >= 4 is 5.97 Å². The minimum Gasteiger partial charge on any atom is -0.465 e. The van der Waals surface area contributed by atoms with Crippen LogP contribution in [0.25, 0.3) is 0 Å². The van der Waals surface area contributed by atoms with E-state index in [9.17, 15) is 4.79 Å². The number of ether oxygens (including phenoxy) is 1. The van der Waals surface area contributed by atoms with Crippen molar-refractivity contribution in [1.82, 2.24) is 0 Å². The highest BCUT2D eigenvalue weighted by molar-refractivity contribution is 5.71. The molecule has 0 saturated heterocycles. The third-order valence-corrected chi connectivity index (χ3v) is 1.86. The summed E-state index contributed by atoms with van der Waals surface area (Å²) in [4.78, 5) is 11.0. The molecule has 0 atom stereocenters. The van der Waals surface area contributed by atoms with Crippen LogP contribution >= 0.6 is 0 Å². The van der Waals surface area contributed by atoms with Crippen LogP contribution in [0.5, 0.6) is 0 Å². The third-order valence-electron chi connectivity index (χ3n) is 1.86. The number of rotatable bonds is 5. The molecule has 0 unspecified atom stereocenters. The highest BCUT2D eigenvalue weighted by Gasteiger charge is 2.22. The lowest BCUT2D eigenvalue weighted by atomic mass is 10.3. The van der Waals surface area contributed by atoms with Crippen molar-refractivity contribution in [2.24, 2.45) is 5.92 Å². The van der Waals surface area contributed by atoms with Gasteiger partial charge in [0.25, 0.3) is 0 Å². The van der Waals surface area contributed by atoms with E-state index in [4.69, 9.17) is 4.74 Å². The number of allylic oxidation sites excluding steroid dienone is 1. The Hall–Kier alpha value is -0.790. The Morgan fingerprint density at radius 1 is 1.50 bits per heavy atom. The zero-order valence-corrected chi connectivity index (χ0v) is 7.58. The van der Waals surface area contributed by atoms with E-state index in [1.807, 2.05) is 19.1 Å². The Bertz CT molecular complexity index is 169. The van der Waals surface area contributed by atoms with Gasteiger partial charge in [0.05, 0.1) is 13.0 Å². The maximum absolute atomic E-state index is 11.0. The van der Waals surface area contributed by atoms with Crippen molar-refractivity contribution < 1.29 is 9.53 Å². The summed E-state index contributed by atoms with van der Waals surface area (Å²) in [5, 5.41) is 0. The van der Waals surface area contributed by atoms with Gasteiger partial charge < -0.3 is 4.74 Å². The number of carbonyl (C=O) groups is 1. The second kappa shape index (κ2) is 4.96. The molecule has 1 rings (SSSR count). The summed E-state index contributed by atoms with van der Waals surface area (Å²) >= 11 is 0. The van der Waals surface area contributed by atoms with E-state index in [0.717, 1.165) is 6.42 Å². The van der Waals surface area contributed by atoms with Gasteiger partial charge in [0.2, 0.25) is 0 Å². The zero-order valence-electron chi connectivity index (χ0n) is 7.58. The van der Waals surface area contributed by atoms with Gasteiger partial charge in [0, 0.05) is 0 Å². The van der Waals surface area contributed by atoms with Gasteiger partial charge in [-0.2, -0.15) is 0 Å². The van der Waals surface area contributed by atoms with Crippen molar-refractivity contribution in [3.63, 3.8) is 0 Å². The summed E-state index contributed by atoms with van der Waals surface area (Å²) in [5.41, 5.74) is 0. The van der Waals surface area contributed by atoms with Crippen molar-refractivity contribution in [1.29, 1.82) is 0 Å². The third kappa shape index (κ3) is 4.16. The van der Waals surface area contributed by atoms with Gasteiger partial charge >= 0.3 is 5.97 Å². The summed E-state index contributed by atoms with van der Waals surface area (Å²) in [7, 11) is 0. The Kier molecular flexibility index (Phi) is 3.85. The van der Waals surface area contributed by atoms with Crippen LogP contribution in [0.15, 0.2) is 12.2 Å². The van der Waals surface area contributed by atoms with Crippen LogP contribution < -0.4 is 0 Å². The molecule has 0 aromatic carbocycles. The standard InChI is InChI=1S/C10H16O2/c1-2-3-4-5-10(11)12-8-9-6-7-9/h3-4,9H,2,5-8H2,1H3. The van der Waals surface area contributed by atoms with E-state index in [1.165, 1.54) is 12.8 Å². The molecular weight excluding hydrogens is 152 g/mol. The van der Waals surface area contributed by atoms with Crippen LogP contribution in [-0.4, -0.2) is 12.6 Å². The molecule has 0 radical (unpaired) electrons. The van der Waals surface area contributed by atoms with Crippen molar-refractivity contribution in [3.05, 3.63) is 12.2 Å². The topological polar surface area (TPSA) is 26.3 Å². The second-order valence-electron chi connectivity index (χ2n) is 3.21. The first-order valence-electron chi connectivity index (χ1n) is 4.63. The molecule has 0 spiro atoms. The van der Waals surface area contributed by atoms with E-state index in [0.29, 0.717) is 18.9 Å². The van der Waals surface area contributed by atoms with Crippen molar-refractivity contribution in [3.8, 4) is 0 Å². The molecule has 0 amide bonds. The molecule has 0 N–H and O–H groups in total. The summed E-state index contributed by atoms with van der Waals surface area (Å²) < 4.78 is 5.02. The van der Waals surface area contributed by atoms with Gasteiger partial charge in [0.15, 0.2) is 0 Å². The Morgan fingerprint density at radius 3 is 2.83 bits per heavy atom. The summed E-state index contributed by atoms with van der Waals surface area (Å²) in [6, 6.07) is 0.